The van der Waals surface area contributed by atoms with Gasteiger partial charge in [-0.05, 0) is 77.7 Å². The van der Waals surface area contributed by atoms with Gasteiger partial charge < -0.3 is 0 Å². The average Bonchev–Trinajstić information content (AvgIpc) is 3.23. The van der Waals surface area contributed by atoms with Crippen molar-refractivity contribution in [1.82, 2.24) is 4.98 Å². The van der Waals surface area contributed by atoms with Crippen LogP contribution >= 0.6 is 0 Å². The zero-order valence-corrected chi connectivity index (χ0v) is 18.4. The Hall–Kier alpha value is -4.49. The Morgan fingerprint density at radius 1 is 0.353 bits per heavy atom. The van der Waals surface area contributed by atoms with Crippen molar-refractivity contribution in [2.45, 2.75) is 0 Å². The molecule has 0 saturated carbocycles. The van der Waals surface area contributed by atoms with E-state index in [0.717, 1.165) is 0 Å². The molecule has 0 saturated heterocycles. The number of nitrogens with zero attached hydrogens (tertiary/aromatic N) is 1. The molecule has 8 rings (SSSR count). The second-order valence-corrected chi connectivity index (χ2v) is 9.17. The Labute approximate surface area is 196 Å². The second-order valence-electron chi connectivity index (χ2n) is 9.17. The Morgan fingerprint density at radius 3 is 1.85 bits per heavy atom. The van der Waals surface area contributed by atoms with Crippen LogP contribution in [0, 0.1) is 0 Å². The molecule has 1 aliphatic carbocycles. The molecule has 34 heavy (non-hydrogen) atoms. The smallest absolute Gasteiger partial charge is 0.0353 e. The van der Waals surface area contributed by atoms with Crippen LogP contribution in [0.1, 0.15) is 0 Å². The number of hydrogen-bond donors (Lipinski definition) is 0. The molecule has 0 atom stereocenters. The van der Waals surface area contributed by atoms with Crippen LogP contribution in [0.5, 0.6) is 0 Å². The van der Waals surface area contributed by atoms with Gasteiger partial charge in [0.15, 0.2) is 0 Å². The Kier molecular flexibility index (Phi) is 3.45. The number of aromatic nitrogens is 1. The summed E-state index contributed by atoms with van der Waals surface area (Å²) < 4.78 is 0. The molecule has 0 N–H and O–H groups in total. The molecular weight excluding hydrogens is 410 g/mol. The molecular formula is C33H19N. The molecule has 0 aliphatic heterocycles. The van der Waals surface area contributed by atoms with Crippen molar-refractivity contribution in [3.8, 4) is 33.4 Å². The molecule has 0 fully saturated rings. The molecule has 1 aromatic heterocycles. The highest BCUT2D eigenvalue weighted by atomic mass is 14.6. The molecule has 1 nitrogen and oxygen atoms in total. The fraction of sp³-hybridized carbons (Fsp3) is 0. The van der Waals surface area contributed by atoms with Crippen molar-refractivity contribution in [3.63, 3.8) is 0 Å². The Balaban J connectivity index is 1.59. The van der Waals surface area contributed by atoms with E-state index in [-0.39, 0.29) is 0 Å². The molecule has 0 radical (unpaired) electrons. The number of benzene rings is 6. The van der Waals surface area contributed by atoms with Gasteiger partial charge in [-0.2, -0.15) is 0 Å². The fourth-order valence-corrected chi connectivity index (χ4v) is 6.00. The van der Waals surface area contributed by atoms with E-state index in [0.29, 0.717) is 0 Å². The third-order valence-corrected chi connectivity index (χ3v) is 7.46. The maximum absolute atomic E-state index is 4.60. The summed E-state index contributed by atoms with van der Waals surface area (Å²) in [5.41, 5.74) is 7.78. The zero-order chi connectivity index (χ0) is 22.2. The molecule has 0 bridgehead atoms. The lowest BCUT2D eigenvalue weighted by atomic mass is 9.88. The SMILES string of the molecule is c1ccc2c(c1)-c1cccc3c1c-2cc1c2ccccc2c(-c2cncc4ccccc24)cc31. The van der Waals surface area contributed by atoms with E-state index in [1.54, 1.807) is 0 Å². The van der Waals surface area contributed by atoms with Gasteiger partial charge in [-0.25, -0.2) is 0 Å². The maximum Gasteiger partial charge on any atom is 0.0353 e. The van der Waals surface area contributed by atoms with Crippen molar-refractivity contribution in [1.29, 1.82) is 0 Å². The van der Waals surface area contributed by atoms with Crippen molar-refractivity contribution in [2.75, 3.05) is 0 Å². The standard InChI is InChI=1S/C33H19N/c1-2-9-21-20(8-1)18-34-19-32(21)29-16-30-27-15-7-14-26-22-10-3-6-13-25(22)31(33(26)27)17-28(30)23-11-4-5-12-24(23)29/h1-19H. The first-order valence-electron chi connectivity index (χ1n) is 11.7. The summed E-state index contributed by atoms with van der Waals surface area (Å²) in [6, 6.07) is 37.7. The molecule has 156 valence electrons. The van der Waals surface area contributed by atoms with Gasteiger partial charge in [0.1, 0.15) is 0 Å². The maximum atomic E-state index is 4.60. The van der Waals surface area contributed by atoms with Gasteiger partial charge in [-0.15, -0.1) is 0 Å². The predicted molar refractivity (Wildman–Crippen MR) is 144 cm³/mol. The third kappa shape index (κ3) is 2.26. The summed E-state index contributed by atoms with van der Waals surface area (Å²) in [7, 11) is 0. The van der Waals surface area contributed by atoms with E-state index in [1.165, 1.54) is 76.5 Å². The first kappa shape index (κ1) is 18.0. The van der Waals surface area contributed by atoms with Crippen LogP contribution in [0.4, 0.5) is 0 Å². The Morgan fingerprint density at radius 2 is 0.971 bits per heavy atom. The number of pyridine rings is 1. The lowest BCUT2D eigenvalue weighted by molar-refractivity contribution is 1.36. The summed E-state index contributed by atoms with van der Waals surface area (Å²) in [6.07, 6.45) is 3.97. The van der Waals surface area contributed by atoms with Crippen molar-refractivity contribution < 1.29 is 0 Å². The van der Waals surface area contributed by atoms with Gasteiger partial charge in [0.25, 0.3) is 0 Å². The molecule has 6 aromatic carbocycles. The van der Waals surface area contributed by atoms with Gasteiger partial charge in [-0.1, -0.05) is 91.0 Å². The molecule has 7 aromatic rings. The van der Waals surface area contributed by atoms with Crippen LogP contribution in [0.2, 0.25) is 0 Å². The van der Waals surface area contributed by atoms with Crippen molar-refractivity contribution in [2.24, 2.45) is 0 Å². The van der Waals surface area contributed by atoms with Crippen LogP contribution in [0.3, 0.4) is 0 Å². The highest BCUT2D eigenvalue weighted by molar-refractivity contribution is 6.29. The van der Waals surface area contributed by atoms with Gasteiger partial charge in [0.05, 0.1) is 0 Å². The van der Waals surface area contributed by atoms with Crippen LogP contribution in [0.25, 0.3) is 76.5 Å². The fourth-order valence-electron chi connectivity index (χ4n) is 6.00. The molecule has 1 heteroatoms. The average molecular weight is 430 g/mol. The highest BCUT2D eigenvalue weighted by Crippen LogP contribution is 2.50. The van der Waals surface area contributed by atoms with E-state index >= 15 is 0 Å². The predicted octanol–water partition coefficient (Wildman–Crippen LogP) is 9.01. The van der Waals surface area contributed by atoms with Crippen molar-refractivity contribution in [3.05, 3.63) is 116 Å². The summed E-state index contributed by atoms with van der Waals surface area (Å²) in [5.74, 6) is 0. The summed E-state index contributed by atoms with van der Waals surface area (Å²) >= 11 is 0. The van der Waals surface area contributed by atoms with Gasteiger partial charge in [-0.3, -0.25) is 4.98 Å². The summed E-state index contributed by atoms with van der Waals surface area (Å²) in [6.45, 7) is 0. The van der Waals surface area contributed by atoms with Crippen LogP contribution in [-0.4, -0.2) is 4.98 Å². The first-order chi connectivity index (χ1) is 16.9. The van der Waals surface area contributed by atoms with E-state index in [1.807, 2.05) is 12.4 Å². The number of hydrogen-bond acceptors (Lipinski definition) is 1. The summed E-state index contributed by atoms with van der Waals surface area (Å²) in [5, 5.41) is 10.3. The normalized spacial score (nSPS) is 12.1. The topological polar surface area (TPSA) is 12.9 Å². The molecule has 1 heterocycles. The summed E-state index contributed by atoms with van der Waals surface area (Å²) in [4.78, 5) is 4.60. The van der Waals surface area contributed by atoms with E-state index in [9.17, 15) is 0 Å². The van der Waals surface area contributed by atoms with Crippen LogP contribution in [-0.2, 0) is 0 Å². The largest absolute Gasteiger partial charge is 0.263 e. The third-order valence-electron chi connectivity index (χ3n) is 7.46. The van der Waals surface area contributed by atoms with E-state index in [2.05, 4.69) is 108 Å². The minimum Gasteiger partial charge on any atom is -0.263 e. The molecule has 0 unspecified atom stereocenters. The molecule has 0 amide bonds. The molecule has 0 spiro atoms. The quantitative estimate of drug-likeness (QED) is 0.237. The first-order valence-corrected chi connectivity index (χ1v) is 11.7. The van der Waals surface area contributed by atoms with Crippen LogP contribution in [0.15, 0.2) is 116 Å². The monoisotopic (exact) mass is 429 g/mol. The van der Waals surface area contributed by atoms with Gasteiger partial charge in [0, 0.05) is 23.3 Å². The van der Waals surface area contributed by atoms with Crippen molar-refractivity contribution >= 4 is 43.1 Å². The second kappa shape index (κ2) is 6.52. The zero-order valence-electron chi connectivity index (χ0n) is 18.4. The number of fused-ring (bicyclic) bond motifs is 8. The molecule has 1 aliphatic rings. The van der Waals surface area contributed by atoms with Gasteiger partial charge >= 0.3 is 0 Å². The Bertz CT molecular complexity index is 1960. The lowest BCUT2D eigenvalue weighted by Gasteiger charge is -2.15. The van der Waals surface area contributed by atoms with Crippen LogP contribution < -0.4 is 0 Å². The minimum atomic E-state index is 1.17. The van der Waals surface area contributed by atoms with E-state index < -0.39 is 0 Å². The van der Waals surface area contributed by atoms with Gasteiger partial charge in [0.2, 0.25) is 0 Å². The highest BCUT2D eigenvalue weighted by Gasteiger charge is 2.23. The lowest BCUT2D eigenvalue weighted by Crippen LogP contribution is -1.89. The van der Waals surface area contributed by atoms with E-state index in [4.69, 9.17) is 0 Å². The minimum absolute atomic E-state index is 1.17. The number of rotatable bonds is 1.